The van der Waals surface area contributed by atoms with Gasteiger partial charge in [0.2, 0.25) is 0 Å². The minimum atomic E-state index is -3.39. The van der Waals surface area contributed by atoms with E-state index in [1.165, 1.54) is 6.07 Å². The molecule has 1 rings (SSSR count). The predicted molar refractivity (Wildman–Crippen MR) is 63.9 cm³/mol. The Morgan fingerprint density at radius 1 is 1.44 bits per heavy atom. The van der Waals surface area contributed by atoms with Gasteiger partial charge in [-0.1, -0.05) is 15.9 Å². The Morgan fingerprint density at radius 3 is 2.67 bits per heavy atom. The predicted octanol–water partition coefficient (Wildman–Crippen LogP) is 4.02. The summed E-state index contributed by atoms with van der Waals surface area (Å²) in [6.07, 6.45) is -1.22. The number of esters is 1. The fourth-order valence-corrected chi connectivity index (χ4v) is 1.75. The van der Waals surface area contributed by atoms with Crippen LogP contribution in [-0.4, -0.2) is 12.6 Å². The molecule has 0 aromatic heterocycles. The molecule has 0 saturated carbocycles. The first kappa shape index (κ1) is 15.0. The number of rotatable bonds is 5. The quantitative estimate of drug-likeness (QED) is 0.764. The van der Waals surface area contributed by atoms with Crippen molar-refractivity contribution in [1.82, 2.24) is 0 Å². The Kier molecular flexibility index (Phi) is 5.19. The molecule has 0 spiro atoms. The van der Waals surface area contributed by atoms with E-state index in [0.29, 0.717) is 4.47 Å². The van der Waals surface area contributed by atoms with E-state index in [9.17, 15) is 18.0 Å². The number of halogens is 4. The van der Waals surface area contributed by atoms with Crippen molar-refractivity contribution in [3.05, 3.63) is 34.1 Å². The maximum absolute atomic E-state index is 13.7. The molecule has 0 heterocycles. The molecule has 0 bridgehead atoms. The normalized spacial score (nSPS) is 11.4. The number of alkyl halides is 2. The summed E-state index contributed by atoms with van der Waals surface area (Å²) in [4.78, 5) is 11.0. The molecule has 0 fully saturated rings. The molecule has 0 aliphatic rings. The minimum absolute atomic E-state index is 0.136. The molecule has 18 heavy (non-hydrogen) atoms. The highest BCUT2D eigenvalue weighted by Crippen LogP contribution is 2.35. The van der Waals surface area contributed by atoms with Gasteiger partial charge in [0, 0.05) is 10.9 Å². The van der Waals surface area contributed by atoms with Gasteiger partial charge >= 0.3 is 5.97 Å². The van der Waals surface area contributed by atoms with E-state index in [4.69, 9.17) is 0 Å². The average Bonchev–Trinajstić information content (AvgIpc) is 2.26. The van der Waals surface area contributed by atoms with Crippen LogP contribution in [0.1, 0.15) is 25.3 Å². The Hall–Kier alpha value is -1.04. The molecule has 0 aliphatic heterocycles. The highest BCUT2D eigenvalue weighted by molar-refractivity contribution is 9.10. The van der Waals surface area contributed by atoms with E-state index in [0.717, 1.165) is 12.1 Å². The van der Waals surface area contributed by atoms with E-state index in [2.05, 4.69) is 20.7 Å². The lowest BCUT2D eigenvalue weighted by Crippen LogP contribution is -2.18. The van der Waals surface area contributed by atoms with Gasteiger partial charge in [-0.3, -0.25) is 4.79 Å². The summed E-state index contributed by atoms with van der Waals surface area (Å²) < 4.78 is 45.7. The molecule has 0 atom stereocenters. The molecule has 0 amide bonds. The van der Waals surface area contributed by atoms with Gasteiger partial charge < -0.3 is 4.74 Å². The largest absolute Gasteiger partial charge is 0.466 e. The van der Waals surface area contributed by atoms with Crippen LogP contribution in [0.15, 0.2) is 22.7 Å². The first-order valence-corrected chi connectivity index (χ1v) is 6.15. The SMILES string of the molecule is CCOC(=O)CCC(F)(F)c1ccc(Br)cc1F. The zero-order valence-electron chi connectivity index (χ0n) is 9.68. The molecule has 6 heteroatoms. The lowest BCUT2D eigenvalue weighted by Gasteiger charge is -2.17. The summed E-state index contributed by atoms with van der Waals surface area (Å²) in [5.41, 5.74) is -0.713. The maximum atomic E-state index is 13.7. The van der Waals surface area contributed by atoms with Crippen LogP contribution in [-0.2, 0) is 15.5 Å². The van der Waals surface area contributed by atoms with Crippen molar-refractivity contribution in [2.24, 2.45) is 0 Å². The van der Waals surface area contributed by atoms with Crippen LogP contribution in [0.4, 0.5) is 13.2 Å². The Labute approximate surface area is 111 Å². The molecule has 0 aliphatic carbocycles. The number of benzene rings is 1. The van der Waals surface area contributed by atoms with Crippen molar-refractivity contribution < 1.29 is 22.7 Å². The van der Waals surface area contributed by atoms with E-state index in [-0.39, 0.29) is 6.61 Å². The lowest BCUT2D eigenvalue weighted by molar-refractivity contribution is -0.145. The molecule has 0 radical (unpaired) electrons. The summed E-state index contributed by atoms with van der Waals surface area (Å²) in [5.74, 6) is -5.11. The van der Waals surface area contributed by atoms with Crippen molar-refractivity contribution in [2.45, 2.75) is 25.7 Å². The molecule has 0 N–H and O–H groups in total. The first-order valence-electron chi connectivity index (χ1n) is 5.36. The second kappa shape index (κ2) is 6.22. The topological polar surface area (TPSA) is 26.3 Å². The van der Waals surface area contributed by atoms with Gasteiger partial charge in [-0.05, 0) is 25.1 Å². The number of carbonyl (C=O) groups excluding carboxylic acids is 1. The van der Waals surface area contributed by atoms with Crippen LogP contribution >= 0.6 is 15.9 Å². The molecular weight excluding hydrogens is 313 g/mol. The van der Waals surface area contributed by atoms with Crippen molar-refractivity contribution >= 4 is 21.9 Å². The number of carbonyl (C=O) groups is 1. The highest BCUT2D eigenvalue weighted by Gasteiger charge is 2.35. The fraction of sp³-hybridized carbons (Fsp3) is 0.417. The molecule has 0 unspecified atom stereocenters. The van der Waals surface area contributed by atoms with Crippen molar-refractivity contribution in [3.63, 3.8) is 0 Å². The van der Waals surface area contributed by atoms with Crippen LogP contribution in [0.2, 0.25) is 0 Å². The number of hydrogen-bond acceptors (Lipinski definition) is 2. The van der Waals surface area contributed by atoms with Gasteiger partial charge in [0.05, 0.1) is 18.6 Å². The van der Waals surface area contributed by atoms with Crippen LogP contribution in [0.3, 0.4) is 0 Å². The zero-order valence-corrected chi connectivity index (χ0v) is 11.3. The second-order valence-corrected chi connectivity index (χ2v) is 4.55. The van der Waals surface area contributed by atoms with E-state index in [1.54, 1.807) is 6.92 Å². The summed E-state index contributed by atoms with van der Waals surface area (Å²) in [6.45, 7) is 1.72. The van der Waals surface area contributed by atoms with Gasteiger partial charge in [-0.15, -0.1) is 0 Å². The van der Waals surface area contributed by atoms with Crippen molar-refractivity contribution in [1.29, 1.82) is 0 Å². The summed E-state index contributed by atoms with van der Waals surface area (Å²) >= 11 is 2.99. The van der Waals surface area contributed by atoms with Crippen molar-refractivity contribution in [2.75, 3.05) is 6.61 Å². The van der Waals surface area contributed by atoms with Crippen LogP contribution in [0.5, 0.6) is 0 Å². The Bertz CT molecular complexity index is 435. The third-order valence-electron chi connectivity index (χ3n) is 2.27. The smallest absolute Gasteiger partial charge is 0.306 e. The van der Waals surface area contributed by atoms with E-state index in [1.807, 2.05) is 0 Å². The molecule has 100 valence electrons. The Balaban J connectivity index is 2.76. The summed E-state index contributed by atoms with van der Waals surface area (Å²) in [6, 6.07) is 3.30. The van der Waals surface area contributed by atoms with Crippen molar-refractivity contribution in [3.8, 4) is 0 Å². The number of ether oxygens (including phenoxy) is 1. The van der Waals surface area contributed by atoms with Crippen LogP contribution < -0.4 is 0 Å². The van der Waals surface area contributed by atoms with Gasteiger partial charge in [0.15, 0.2) is 0 Å². The summed E-state index contributed by atoms with van der Waals surface area (Å²) in [7, 11) is 0. The molecular formula is C12H12BrF3O2. The standard InChI is InChI=1S/C12H12BrF3O2/c1-2-18-11(17)5-6-12(15,16)9-4-3-8(13)7-10(9)14/h3-4,7H,2,5-6H2,1H3. The van der Waals surface area contributed by atoms with E-state index < -0.39 is 36.1 Å². The first-order chi connectivity index (χ1) is 8.36. The van der Waals surface area contributed by atoms with Gasteiger partial charge in [-0.25, -0.2) is 13.2 Å². The monoisotopic (exact) mass is 324 g/mol. The van der Waals surface area contributed by atoms with E-state index >= 15 is 0 Å². The lowest BCUT2D eigenvalue weighted by atomic mass is 10.0. The molecule has 0 saturated heterocycles. The highest BCUT2D eigenvalue weighted by atomic mass is 79.9. The van der Waals surface area contributed by atoms with Crippen LogP contribution in [0.25, 0.3) is 0 Å². The zero-order chi connectivity index (χ0) is 13.8. The molecule has 2 nitrogen and oxygen atoms in total. The number of hydrogen-bond donors (Lipinski definition) is 0. The second-order valence-electron chi connectivity index (χ2n) is 3.63. The fourth-order valence-electron chi connectivity index (χ4n) is 1.41. The van der Waals surface area contributed by atoms with Gasteiger partial charge in [0.1, 0.15) is 5.82 Å². The average molecular weight is 325 g/mol. The Morgan fingerprint density at radius 2 is 2.11 bits per heavy atom. The minimum Gasteiger partial charge on any atom is -0.466 e. The van der Waals surface area contributed by atoms with Gasteiger partial charge in [-0.2, -0.15) is 0 Å². The molecule has 1 aromatic rings. The van der Waals surface area contributed by atoms with Crippen LogP contribution in [0, 0.1) is 5.82 Å². The third kappa shape index (κ3) is 4.01. The third-order valence-corrected chi connectivity index (χ3v) is 2.77. The summed E-state index contributed by atoms with van der Waals surface area (Å²) in [5, 5.41) is 0. The van der Waals surface area contributed by atoms with Gasteiger partial charge in [0.25, 0.3) is 5.92 Å². The molecule has 1 aromatic carbocycles. The maximum Gasteiger partial charge on any atom is 0.306 e.